The highest BCUT2D eigenvalue weighted by molar-refractivity contribution is 5.85. The third-order valence-corrected chi connectivity index (χ3v) is 5.51. The number of carbonyl (C=O) groups is 1. The Morgan fingerprint density at radius 1 is 1.25 bits per heavy atom. The molecule has 0 saturated heterocycles. The lowest BCUT2D eigenvalue weighted by molar-refractivity contribution is -0.0234. The predicted molar refractivity (Wildman–Crippen MR) is 75.1 cm³/mol. The van der Waals surface area contributed by atoms with Crippen LogP contribution in [-0.2, 0) is 0 Å². The second kappa shape index (κ2) is 4.21. The molecule has 4 bridgehead atoms. The van der Waals surface area contributed by atoms with E-state index in [9.17, 15) is 4.79 Å². The lowest BCUT2D eigenvalue weighted by Crippen LogP contribution is -2.44. The van der Waals surface area contributed by atoms with Gasteiger partial charge in [0, 0.05) is 12.4 Å². The van der Waals surface area contributed by atoms with Crippen LogP contribution in [0.15, 0.2) is 18.6 Å². The third kappa shape index (κ3) is 1.98. The van der Waals surface area contributed by atoms with Gasteiger partial charge < -0.3 is 9.67 Å². The molecule has 106 valence electrons. The Balaban J connectivity index is 1.55. The van der Waals surface area contributed by atoms with Gasteiger partial charge in [0.25, 0.3) is 0 Å². The van der Waals surface area contributed by atoms with Crippen LogP contribution in [0.25, 0.3) is 6.20 Å². The standard InChI is InChI=1S/C16H20N2O2/c19-15(20)14-9-18(10-17-14)2-1-16-6-11-3-12(7-16)5-13(4-11)8-16/h1-2,9-13H,3-8H2,(H,19,20)/b2-1+. The van der Waals surface area contributed by atoms with Gasteiger partial charge >= 0.3 is 5.97 Å². The summed E-state index contributed by atoms with van der Waals surface area (Å²) in [4.78, 5) is 14.7. The molecular weight excluding hydrogens is 252 g/mol. The van der Waals surface area contributed by atoms with E-state index >= 15 is 0 Å². The van der Waals surface area contributed by atoms with Gasteiger partial charge in [0.1, 0.15) is 0 Å². The van der Waals surface area contributed by atoms with Gasteiger partial charge in [-0.05, 0) is 61.7 Å². The van der Waals surface area contributed by atoms with Crippen LogP contribution >= 0.6 is 0 Å². The molecule has 0 radical (unpaired) electrons. The van der Waals surface area contributed by atoms with Gasteiger partial charge in [-0.1, -0.05) is 6.08 Å². The highest BCUT2D eigenvalue weighted by Crippen LogP contribution is 2.60. The van der Waals surface area contributed by atoms with Crippen molar-refractivity contribution in [3.8, 4) is 0 Å². The van der Waals surface area contributed by atoms with Crippen LogP contribution in [0.4, 0.5) is 0 Å². The molecule has 4 aliphatic carbocycles. The van der Waals surface area contributed by atoms with Crippen LogP contribution in [0, 0.1) is 23.2 Å². The average Bonchev–Trinajstić information content (AvgIpc) is 2.84. The van der Waals surface area contributed by atoms with Crippen LogP contribution in [0.1, 0.15) is 49.0 Å². The average molecular weight is 272 g/mol. The van der Waals surface area contributed by atoms with Crippen molar-refractivity contribution in [2.24, 2.45) is 23.2 Å². The maximum absolute atomic E-state index is 10.8. The highest BCUT2D eigenvalue weighted by Gasteiger charge is 2.49. The Hall–Kier alpha value is -1.58. The highest BCUT2D eigenvalue weighted by atomic mass is 16.4. The summed E-state index contributed by atoms with van der Waals surface area (Å²) in [5, 5.41) is 8.90. The monoisotopic (exact) mass is 272 g/mol. The Morgan fingerprint density at radius 3 is 2.35 bits per heavy atom. The van der Waals surface area contributed by atoms with E-state index in [1.807, 2.05) is 6.20 Å². The molecular formula is C16H20N2O2. The minimum atomic E-state index is -0.966. The van der Waals surface area contributed by atoms with E-state index in [0.717, 1.165) is 17.8 Å². The molecule has 0 amide bonds. The number of aromatic nitrogens is 2. The summed E-state index contributed by atoms with van der Waals surface area (Å²) >= 11 is 0. The summed E-state index contributed by atoms with van der Waals surface area (Å²) in [6, 6.07) is 0. The van der Waals surface area contributed by atoms with Crippen molar-refractivity contribution in [2.75, 3.05) is 0 Å². The molecule has 4 nitrogen and oxygen atoms in total. The van der Waals surface area contributed by atoms with E-state index in [1.165, 1.54) is 38.5 Å². The fourth-order valence-corrected chi connectivity index (χ4v) is 5.15. The second-order valence-electron chi connectivity index (χ2n) is 7.11. The summed E-state index contributed by atoms with van der Waals surface area (Å²) < 4.78 is 1.78. The van der Waals surface area contributed by atoms with Crippen molar-refractivity contribution in [1.29, 1.82) is 0 Å². The first-order valence-electron chi connectivity index (χ1n) is 7.58. The van der Waals surface area contributed by atoms with Gasteiger partial charge in [0.15, 0.2) is 5.69 Å². The largest absolute Gasteiger partial charge is 0.476 e. The summed E-state index contributed by atoms with van der Waals surface area (Å²) in [5.41, 5.74) is 0.489. The molecule has 4 saturated carbocycles. The molecule has 4 aliphatic rings. The summed E-state index contributed by atoms with van der Waals surface area (Å²) in [7, 11) is 0. The number of nitrogens with zero attached hydrogens (tertiary/aromatic N) is 2. The number of hydrogen-bond donors (Lipinski definition) is 1. The van der Waals surface area contributed by atoms with Crippen molar-refractivity contribution < 1.29 is 9.90 Å². The van der Waals surface area contributed by atoms with Gasteiger partial charge in [-0.3, -0.25) is 0 Å². The van der Waals surface area contributed by atoms with Crippen molar-refractivity contribution in [1.82, 2.24) is 9.55 Å². The van der Waals surface area contributed by atoms with Crippen LogP contribution in [0.2, 0.25) is 0 Å². The summed E-state index contributed by atoms with van der Waals surface area (Å²) in [5.74, 6) is 1.83. The molecule has 1 N–H and O–H groups in total. The molecule has 0 unspecified atom stereocenters. The second-order valence-corrected chi connectivity index (χ2v) is 7.11. The van der Waals surface area contributed by atoms with E-state index in [4.69, 9.17) is 5.11 Å². The minimum Gasteiger partial charge on any atom is -0.476 e. The molecule has 1 heterocycles. The van der Waals surface area contributed by atoms with Gasteiger partial charge in [-0.2, -0.15) is 0 Å². The van der Waals surface area contributed by atoms with Gasteiger partial charge in [0.05, 0.1) is 6.33 Å². The molecule has 1 aromatic heterocycles. The lowest BCUT2D eigenvalue weighted by atomic mass is 9.50. The Kier molecular flexibility index (Phi) is 2.56. The molecule has 1 aromatic rings. The molecule has 4 heteroatoms. The van der Waals surface area contributed by atoms with Gasteiger partial charge in [-0.25, -0.2) is 9.78 Å². The maximum atomic E-state index is 10.8. The van der Waals surface area contributed by atoms with Crippen LogP contribution in [0.5, 0.6) is 0 Å². The molecule has 0 atom stereocenters. The number of carboxylic acid groups (broad SMARTS) is 1. The summed E-state index contributed by atoms with van der Waals surface area (Å²) in [6.45, 7) is 0. The number of imidazole rings is 1. The Labute approximate surface area is 118 Å². The normalized spacial score (nSPS) is 38.7. The van der Waals surface area contributed by atoms with Gasteiger partial charge in [0.2, 0.25) is 0 Å². The Bertz CT molecular complexity index is 538. The zero-order chi connectivity index (χ0) is 13.7. The van der Waals surface area contributed by atoms with E-state index < -0.39 is 5.97 Å². The number of allylic oxidation sites excluding steroid dienone is 1. The zero-order valence-corrected chi connectivity index (χ0v) is 11.5. The predicted octanol–water partition coefficient (Wildman–Crippen LogP) is 3.27. The number of rotatable bonds is 3. The molecule has 4 fully saturated rings. The van der Waals surface area contributed by atoms with Crippen molar-refractivity contribution in [2.45, 2.75) is 38.5 Å². The SMILES string of the molecule is O=C(O)c1cn(/C=C/C23CC4CC(CC(C4)C2)C3)cn1. The van der Waals surface area contributed by atoms with Gasteiger partial charge in [-0.15, -0.1) is 0 Å². The fourth-order valence-electron chi connectivity index (χ4n) is 5.15. The Morgan fingerprint density at radius 2 is 1.85 bits per heavy atom. The van der Waals surface area contributed by atoms with E-state index in [0.29, 0.717) is 5.41 Å². The van der Waals surface area contributed by atoms with Crippen LogP contribution in [-0.4, -0.2) is 20.6 Å². The van der Waals surface area contributed by atoms with Crippen LogP contribution in [0.3, 0.4) is 0 Å². The number of aromatic carboxylic acids is 1. The van der Waals surface area contributed by atoms with E-state index in [-0.39, 0.29) is 5.69 Å². The maximum Gasteiger partial charge on any atom is 0.356 e. The quantitative estimate of drug-likeness (QED) is 0.918. The first kappa shape index (κ1) is 12.2. The lowest BCUT2D eigenvalue weighted by Gasteiger charge is -2.55. The molecule has 5 rings (SSSR count). The molecule has 20 heavy (non-hydrogen) atoms. The van der Waals surface area contributed by atoms with Crippen molar-refractivity contribution >= 4 is 12.2 Å². The fraction of sp³-hybridized carbons (Fsp3) is 0.625. The van der Waals surface area contributed by atoms with Crippen molar-refractivity contribution in [3.63, 3.8) is 0 Å². The van der Waals surface area contributed by atoms with Crippen LogP contribution < -0.4 is 0 Å². The first-order valence-corrected chi connectivity index (χ1v) is 7.58. The topological polar surface area (TPSA) is 55.1 Å². The first-order chi connectivity index (χ1) is 9.62. The summed E-state index contributed by atoms with van der Waals surface area (Å²) in [6.07, 6.45) is 15.9. The zero-order valence-electron chi connectivity index (χ0n) is 11.5. The third-order valence-electron chi connectivity index (χ3n) is 5.51. The minimum absolute atomic E-state index is 0.111. The van der Waals surface area contributed by atoms with E-state index in [1.54, 1.807) is 17.1 Å². The number of carboxylic acids is 1. The smallest absolute Gasteiger partial charge is 0.356 e. The molecule has 0 aliphatic heterocycles. The molecule has 0 aromatic carbocycles. The van der Waals surface area contributed by atoms with E-state index in [2.05, 4.69) is 11.1 Å². The number of hydrogen-bond acceptors (Lipinski definition) is 2. The van der Waals surface area contributed by atoms with Crippen molar-refractivity contribution in [3.05, 3.63) is 24.3 Å². The molecule has 0 spiro atoms.